The second-order valence-electron chi connectivity index (χ2n) is 9.82. The van der Waals surface area contributed by atoms with Gasteiger partial charge in [-0.2, -0.15) is 5.10 Å². The van der Waals surface area contributed by atoms with Crippen molar-refractivity contribution in [3.05, 3.63) is 17.4 Å². The Balaban J connectivity index is 1.42. The average Bonchev–Trinajstić information content (AvgIpc) is 3.54. The van der Waals surface area contributed by atoms with Gasteiger partial charge in [0.15, 0.2) is 23.4 Å². The maximum atomic E-state index is 12.1. The van der Waals surface area contributed by atoms with Crippen LogP contribution in [0.3, 0.4) is 0 Å². The van der Waals surface area contributed by atoms with Gasteiger partial charge < -0.3 is 39.1 Å². The van der Waals surface area contributed by atoms with E-state index in [-0.39, 0.29) is 10.8 Å². The summed E-state index contributed by atoms with van der Waals surface area (Å²) in [4.78, 5) is 34.4. The molecule has 1 saturated carbocycles. The zero-order valence-corrected chi connectivity index (χ0v) is 22.0. The maximum absolute atomic E-state index is 12.1. The molecule has 2 aliphatic heterocycles. The molecule has 0 radical (unpaired) electrons. The molecule has 1 aliphatic carbocycles. The van der Waals surface area contributed by atoms with Gasteiger partial charge in [0.1, 0.15) is 17.4 Å². The van der Waals surface area contributed by atoms with E-state index in [1.54, 1.807) is 12.3 Å². The summed E-state index contributed by atoms with van der Waals surface area (Å²) in [7, 11) is -9.64. The van der Waals surface area contributed by atoms with Crippen LogP contribution in [0.1, 0.15) is 25.5 Å². The van der Waals surface area contributed by atoms with Crippen LogP contribution in [0.4, 0.5) is 5.69 Å². The van der Waals surface area contributed by atoms with E-state index in [0.29, 0.717) is 17.2 Å². The number of ether oxygens (including phenoxy) is 1. The van der Waals surface area contributed by atoms with Crippen molar-refractivity contribution in [3.63, 3.8) is 0 Å². The first kappa shape index (κ1) is 27.0. The lowest BCUT2D eigenvalue weighted by Gasteiger charge is -2.25. The van der Waals surface area contributed by atoms with Gasteiger partial charge in [0.2, 0.25) is 0 Å². The van der Waals surface area contributed by atoms with E-state index >= 15 is 0 Å². The minimum atomic E-state index is -4.87. The van der Waals surface area contributed by atoms with Gasteiger partial charge in [0.05, 0.1) is 23.9 Å². The normalized spacial score (nSPS) is 33.5. The first-order valence-electron chi connectivity index (χ1n) is 11.6. The van der Waals surface area contributed by atoms with Gasteiger partial charge in [-0.05, 0) is 30.7 Å². The van der Waals surface area contributed by atoms with Crippen LogP contribution in [0.5, 0.6) is 0 Å². The largest absolute Gasteiger partial charge is 0.384 e. The Morgan fingerprint density at radius 1 is 1.27 bits per heavy atom. The highest BCUT2D eigenvalue weighted by Crippen LogP contribution is 2.56. The van der Waals surface area contributed by atoms with Crippen LogP contribution in [-0.4, -0.2) is 83.1 Å². The molecule has 2 saturated heterocycles. The van der Waals surface area contributed by atoms with Crippen molar-refractivity contribution in [1.82, 2.24) is 14.8 Å². The molecule has 202 valence electrons. The molecule has 1 unspecified atom stereocenters. The summed E-state index contributed by atoms with van der Waals surface area (Å²) in [6.45, 7) is 0.942. The Morgan fingerprint density at radius 3 is 2.57 bits per heavy atom. The maximum Gasteiger partial charge on any atom is 0.340 e. The lowest BCUT2D eigenvalue weighted by molar-refractivity contribution is -0.0597. The molecular weight excluding hydrogens is 550 g/mol. The fourth-order valence-corrected chi connectivity index (χ4v) is 8.34. The fraction of sp³-hybridized carbons (Fsp3) is 0.619. The van der Waals surface area contributed by atoms with Crippen LogP contribution < -0.4 is 4.90 Å². The average molecular weight is 577 g/mol. The summed E-state index contributed by atoms with van der Waals surface area (Å²) in [5.74, 6) is 1.85. The molecule has 4 heterocycles. The summed E-state index contributed by atoms with van der Waals surface area (Å²) in [5.41, 5.74) is -1.26. The summed E-state index contributed by atoms with van der Waals surface area (Å²) >= 11 is 6.35. The third-order valence-electron chi connectivity index (χ3n) is 7.36. The molecule has 13 nitrogen and oxygen atoms in total. The number of halogens is 1. The van der Waals surface area contributed by atoms with E-state index in [0.717, 1.165) is 18.8 Å². The molecular formula is C21H27ClN4O9P2. The second-order valence-corrected chi connectivity index (χ2v) is 14.2. The monoisotopic (exact) mass is 576 g/mol. The third kappa shape index (κ3) is 5.09. The predicted octanol–water partition coefficient (Wildman–Crippen LogP) is 1.28. The van der Waals surface area contributed by atoms with Gasteiger partial charge in [-0.15, -0.1) is 6.42 Å². The van der Waals surface area contributed by atoms with Crippen molar-refractivity contribution in [2.24, 2.45) is 11.8 Å². The Hall–Kier alpha value is -1.55. The molecule has 7 atom stereocenters. The molecule has 5 rings (SSSR count). The highest BCUT2D eigenvalue weighted by Gasteiger charge is 2.56. The topological polar surface area (TPSA) is 188 Å². The standard InChI is InChI=1S/C21H27ClN4O9P2/c1-2-21(28)16(10-34-37(32,33)11-36(29,30)31)35-20(18(21)27)26-19-14(7-23-26)15(6-17(22)24-19)25-8-12-4-3-5-13(12)9-25/h1,6-7,12-13,16,18,20,27-28H,3-5,8-11H2,(H,32,33)(H2,29,30,31)/t12-,13+,16-,18+,20-,21-/m1/s1. The number of hydrogen-bond acceptors (Lipinski definition) is 9. The quantitative estimate of drug-likeness (QED) is 0.181. The number of rotatable bonds is 7. The molecule has 0 amide bonds. The van der Waals surface area contributed by atoms with Crippen LogP contribution >= 0.6 is 26.8 Å². The van der Waals surface area contributed by atoms with Crippen molar-refractivity contribution in [2.75, 3.05) is 30.5 Å². The van der Waals surface area contributed by atoms with E-state index in [9.17, 15) is 24.2 Å². The van der Waals surface area contributed by atoms with Crippen molar-refractivity contribution >= 4 is 43.5 Å². The summed E-state index contributed by atoms with van der Waals surface area (Å²) in [6, 6.07) is 1.76. The number of aromatic nitrogens is 3. The Bertz CT molecular complexity index is 1330. The van der Waals surface area contributed by atoms with Crippen molar-refractivity contribution < 1.29 is 43.3 Å². The van der Waals surface area contributed by atoms with Gasteiger partial charge in [-0.3, -0.25) is 9.13 Å². The number of fused-ring (bicyclic) bond motifs is 2. The molecule has 0 spiro atoms. The van der Waals surface area contributed by atoms with Crippen LogP contribution in [0, 0.1) is 24.2 Å². The highest BCUT2D eigenvalue weighted by molar-refractivity contribution is 7.70. The smallest absolute Gasteiger partial charge is 0.340 e. The van der Waals surface area contributed by atoms with E-state index in [4.69, 9.17) is 37.1 Å². The lowest BCUT2D eigenvalue weighted by atomic mass is 9.93. The third-order valence-corrected chi connectivity index (χ3v) is 11.0. The van der Waals surface area contributed by atoms with E-state index < -0.39 is 51.7 Å². The van der Waals surface area contributed by atoms with Crippen LogP contribution in [0.2, 0.25) is 5.15 Å². The fourth-order valence-electron chi connectivity index (χ4n) is 5.60. The van der Waals surface area contributed by atoms with Crippen LogP contribution in [-0.2, 0) is 18.4 Å². The Kier molecular flexibility index (Phi) is 7.00. The summed E-state index contributed by atoms with van der Waals surface area (Å²) in [5, 5.41) is 27.1. The minimum absolute atomic E-state index is 0.194. The number of nitrogens with zero attached hydrogens (tertiary/aromatic N) is 4. The number of aliphatic hydroxyl groups excluding tert-OH is 1. The van der Waals surface area contributed by atoms with E-state index in [1.807, 2.05) is 5.92 Å². The van der Waals surface area contributed by atoms with Crippen molar-refractivity contribution in [3.8, 4) is 12.3 Å². The molecule has 16 heteroatoms. The zero-order chi connectivity index (χ0) is 26.8. The SMILES string of the molecule is C#C[C@@]1(O)[C@@H](COP(=O)(O)CP(=O)(O)O)O[C@@H](n2ncc3c(N4C[C@H]5CCC[C@H]5C4)cc(Cl)nc32)[C@@H]1O. The van der Waals surface area contributed by atoms with Gasteiger partial charge in [0.25, 0.3) is 0 Å². The van der Waals surface area contributed by atoms with E-state index in [2.05, 4.69) is 15.0 Å². The molecule has 3 fully saturated rings. The summed E-state index contributed by atoms with van der Waals surface area (Å²) < 4.78 is 34.9. The molecule has 0 bridgehead atoms. The summed E-state index contributed by atoms with van der Waals surface area (Å²) in [6.07, 6.45) is 5.97. The van der Waals surface area contributed by atoms with Crippen LogP contribution in [0.25, 0.3) is 11.0 Å². The Labute approximate surface area is 217 Å². The van der Waals surface area contributed by atoms with Crippen molar-refractivity contribution in [1.29, 1.82) is 0 Å². The second kappa shape index (κ2) is 9.57. The molecule has 3 aliphatic rings. The molecule has 2 aromatic heterocycles. The van der Waals surface area contributed by atoms with Gasteiger partial charge in [-0.25, -0.2) is 9.67 Å². The van der Waals surface area contributed by atoms with Crippen LogP contribution in [0.15, 0.2) is 12.3 Å². The number of aliphatic hydroxyl groups is 2. The first-order chi connectivity index (χ1) is 17.3. The van der Waals surface area contributed by atoms with Crippen molar-refractivity contribution in [2.45, 2.75) is 43.3 Å². The minimum Gasteiger partial charge on any atom is -0.384 e. The number of pyridine rings is 1. The highest BCUT2D eigenvalue weighted by atomic mass is 35.5. The predicted molar refractivity (Wildman–Crippen MR) is 132 cm³/mol. The number of terminal acetylenes is 1. The molecule has 0 aromatic carbocycles. The molecule has 5 N–H and O–H groups in total. The molecule has 2 aromatic rings. The van der Waals surface area contributed by atoms with E-state index in [1.165, 1.54) is 23.9 Å². The lowest BCUT2D eigenvalue weighted by Crippen LogP contribution is -2.48. The zero-order valence-electron chi connectivity index (χ0n) is 19.5. The number of hydrogen-bond donors (Lipinski definition) is 5. The number of anilines is 1. The first-order valence-corrected chi connectivity index (χ1v) is 15.6. The Morgan fingerprint density at radius 2 is 1.95 bits per heavy atom. The van der Waals surface area contributed by atoms with Gasteiger partial charge in [-0.1, -0.05) is 23.9 Å². The molecule has 37 heavy (non-hydrogen) atoms. The van der Waals surface area contributed by atoms with Gasteiger partial charge >= 0.3 is 15.2 Å². The van der Waals surface area contributed by atoms with Gasteiger partial charge in [0, 0.05) is 13.1 Å².